The van der Waals surface area contributed by atoms with Gasteiger partial charge < -0.3 is 104 Å². The van der Waals surface area contributed by atoms with Crippen LogP contribution in [0.4, 0.5) is 0 Å². The Labute approximate surface area is 267 Å². The third-order valence-corrected chi connectivity index (χ3v) is 8.66. The van der Waals surface area contributed by atoms with E-state index in [0.29, 0.717) is 0 Å². The zero-order valence-corrected chi connectivity index (χ0v) is 25.1. The van der Waals surface area contributed by atoms with Gasteiger partial charge in [0.2, 0.25) is 0 Å². The van der Waals surface area contributed by atoms with Crippen molar-refractivity contribution in [3.8, 4) is 0 Å². The van der Waals surface area contributed by atoms with Gasteiger partial charge in [0.25, 0.3) is 0 Å². The Morgan fingerprint density at radius 1 is 0.340 bits per heavy atom. The van der Waals surface area contributed by atoms with E-state index in [1.165, 1.54) is 7.11 Å². The first kappa shape index (κ1) is 37.4. The van der Waals surface area contributed by atoms with Crippen molar-refractivity contribution in [3.05, 3.63) is 0 Å². The van der Waals surface area contributed by atoms with Crippen molar-refractivity contribution in [1.82, 2.24) is 0 Å². The molecule has 0 saturated carbocycles. The van der Waals surface area contributed by atoms with Gasteiger partial charge in [-0.15, -0.1) is 0 Å². The third-order valence-electron chi connectivity index (χ3n) is 8.66. The molecule has 0 bridgehead atoms. The van der Waals surface area contributed by atoms with Crippen LogP contribution in [-0.2, 0) is 47.4 Å². The number of aliphatic hydroxyl groups excluding tert-OH is 11. The minimum absolute atomic E-state index is 0.213. The molecule has 0 spiro atoms. The van der Waals surface area contributed by atoms with Gasteiger partial charge in [-0.3, -0.25) is 0 Å². The number of hydrogen-bond donors (Lipinski definition) is 11. The van der Waals surface area contributed by atoms with E-state index in [1.54, 1.807) is 0 Å². The van der Waals surface area contributed by atoms with Gasteiger partial charge in [-0.1, -0.05) is 0 Å². The number of aliphatic hydroxyl groups is 11. The first-order valence-electron chi connectivity index (χ1n) is 15.0. The van der Waals surface area contributed by atoms with Crippen molar-refractivity contribution < 1.29 is 104 Å². The topological polar surface area (TPSA) is 315 Å². The molecule has 21 nitrogen and oxygen atoms in total. The maximum Gasteiger partial charge on any atom is 0.186 e. The van der Waals surface area contributed by atoms with Crippen LogP contribution in [0.3, 0.4) is 0 Å². The van der Waals surface area contributed by atoms with E-state index in [1.807, 2.05) is 0 Å². The summed E-state index contributed by atoms with van der Waals surface area (Å²) in [4.78, 5) is 0. The maximum atomic E-state index is 10.7. The van der Waals surface area contributed by atoms with Gasteiger partial charge in [0, 0.05) is 7.11 Å². The predicted molar refractivity (Wildman–Crippen MR) is 141 cm³/mol. The SMILES string of the molecule is COC1OCC(OC2OCC(OC3OCC(OC4OCC(OC5OCC(O)C(O)C5O)C(O)C4O)C(O)C3O)C(O)C2O)C(O)C1O. The molecule has 274 valence electrons. The summed E-state index contributed by atoms with van der Waals surface area (Å²) in [5.41, 5.74) is 0. The predicted octanol–water partition coefficient (Wildman–Crippen LogP) is -8.07. The Balaban J connectivity index is 1.08. The molecule has 0 aromatic heterocycles. The van der Waals surface area contributed by atoms with Crippen LogP contribution >= 0.6 is 0 Å². The summed E-state index contributed by atoms with van der Waals surface area (Å²) < 4.78 is 53.7. The van der Waals surface area contributed by atoms with E-state index in [2.05, 4.69) is 0 Å². The van der Waals surface area contributed by atoms with Crippen LogP contribution in [0.25, 0.3) is 0 Å². The lowest BCUT2D eigenvalue weighted by molar-refractivity contribution is -0.362. The van der Waals surface area contributed by atoms with Crippen molar-refractivity contribution in [1.29, 1.82) is 0 Å². The summed E-state index contributed by atoms with van der Waals surface area (Å²) in [6, 6.07) is 0. The second-order valence-corrected chi connectivity index (χ2v) is 11.9. The van der Waals surface area contributed by atoms with Crippen molar-refractivity contribution in [2.24, 2.45) is 0 Å². The minimum atomic E-state index is -1.77. The summed E-state index contributed by atoms with van der Waals surface area (Å²) in [7, 11) is 1.28. The highest BCUT2D eigenvalue weighted by atomic mass is 16.8. The van der Waals surface area contributed by atoms with Gasteiger partial charge in [0.15, 0.2) is 31.5 Å². The molecule has 5 fully saturated rings. The van der Waals surface area contributed by atoms with Crippen LogP contribution in [0.5, 0.6) is 0 Å². The van der Waals surface area contributed by atoms with Crippen LogP contribution in [0.1, 0.15) is 0 Å². The van der Waals surface area contributed by atoms with Gasteiger partial charge in [0.05, 0.1) is 33.0 Å². The molecule has 11 N–H and O–H groups in total. The Morgan fingerprint density at radius 3 is 0.915 bits per heavy atom. The second kappa shape index (κ2) is 16.0. The number of ether oxygens (including phenoxy) is 10. The first-order valence-corrected chi connectivity index (χ1v) is 15.0. The number of hydrogen-bond acceptors (Lipinski definition) is 21. The lowest BCUT2D eigenvalue weighted by atomic mass is 10.0. The molecule has 0 aliphatic carbocycles. The molecular formula is C26H44O21. The molecule has 21 heteroatoms. The lowest BCUT2D eigenvalue weighted by Crippen LogP contribution is -2.63. The van der Waals surface area contributed by atoms with E-state index >= 15 is 0 Å². The van der Waals surface area contributed by atoms with E-state index in [9.17, 15) is 56.2 Å². The fourth-order valence-corrected chi connectivity index (χ4v) is 5.71. The van der Waals surface area contributed by atoms with Gasteiger partial charge in [-0.25, -0.2) is 0 Å². The molecule has 0 aromatic carbocycles. The fourth-order valence-electron chi connectivity index (χ4n) is 5.71. The molecule has 0 amide bonds. The highest BCUT2D eigenvalue weighted by Crippen LogP contribution is 2.30. The molecular weight excluding hydrogens is 648 g/mol. The Morgan fingerprint density at radius 2 is 0.596 bits per heavy atom. The molecule has 20 atom stereocenters. The zero-order valence-electron chi connectivity index (χ0n) is 25.1. The standard InChI is InChI=1S/C26H44O21/c1-38-22-18(34)13(29)8(3-40-22)45-24-20(36)15(31)10(5-42-24)47-26-21(37)16(32)11(6-43-26)46-25-19(35)14(30)9(4-41-25)44-23-17(33)12(28)7(27)2-39-23/h7-37H,2-6H2,1H3. The summed E-state index contributed by atoms with van der Waals surface area (Å²) in [5.74, 6) is 0. The summed E-state index contributed by atoms with van der Waals surface area (Å²) in [6.07, 6.45) is -29.7. The number of rotatable bonds is 9. The van der Waals surface area contributed by atoms with Gasteiger partial charge in [0.1, 0.15) is 91.6 Å². The molecule has 5 aliphatic heterocycles. The molecule has 5 rings (SSSR count). The van der Waals surface area contributed by atoms with Crippen LogP contribution in [0.2, 0.25) is 0 Å². The molecule has 20 unspecified atom stereocenters. The zero-order chi connectivity index (χ0) is 34.2. The maximum absolute atomic E-state index is 10.7. The highest BCUT2D eigenvalue weighted by molar-refractivity contribution is 4.92. The molecule has 5 aliphatic rings. The van der Waals surface area contributed by atoms with Crippen molar-refractivity contribution in [2.45, 2.75) is 123 Å². The minimum Gasteiger partial charge on any atom is -0.388 e. The quantitative estimate of drug-likeness (QED) is 0.107. The molecule has 47 heavy (non-hydrogen) atoms. The largest absolute Gasteiger partial charge is 0.388 e. The van der Waals surface area contributed by atoms with Crippen molar-refractivity contribution >= 4 is 0 Å². The van der Waals surface area contributed by atoms with Crippen LogP contribution in [-0.4, -0.2) is 219 Å². The smallest absolute Gasteiger partial charge is 0.186 e. The summed E-state index contributed by atoms with van der Waals surface area (Å²) in [5, 5.41) is 114. The lowest BCUT2D eigenvalue weighted by Gasteiger charge is -2.45. The third kappa shape index (κ3) is 8.06. The summed E-state index contributed by atoms with van der Waals surface area (Å²) in [6.45, 7) is -1.76. The first-order chi connectivity index (χ1) is 22.3. The van der Waals surface area contributed by atoms with Gasteiger partial charge in [-0.05, 0) is 0 Å². The van der Waals surface area contributed by atoms with E-state index in [0.717, 1.165) is 0 Å². The number of methoxy groups -OCH3 is 1. The average Bonchev–Trinajstić information content (AvgIpc) is 3.05. The van der Waals surface area contributed by atoms with E-state index in [4.69, 9.17) is 47.4 Å². The Bertz CT molecular complexity index is 981. The van der Waals surface area contributed by atoms with Crippen LogP contribution < -0.4 is 0 Å². The van der Waals surface area contributed by atoms with Crippen LogP contribution in [0, 0.1) is 0 Å². The highest BCUT2D eigenvalue weighted by Gasteiger charge is 2.50. The molecule has 5 heterocycles. The monoisotopic (exact) mass is 692 g/mol. The Hall–Kier alpha value is -0.840. The molecule has 0 aromatic rings. The van der Waals surface area contributed by atoms with E-state index < -0.39 is 130 Å². The second-order valence-electron chi connectivity index (χ2n) is 11.9. The average molecular weight is 693 g/mol. The van der Waals surface area contributed by atoms with Gasteiger partial charge >= 0.3 is 0 Å². The van der Waals surface area contributed by atoms with E-state index in [-0.39, 0.29) is 26.4 Å². The van der Waals surface area contributed by atoms with Crippen molar-refractivity contribution in [2.75, 3.05) is 40.1 Å². The normalized spacial score (nSPS) is 53.1. The Kier molecular flexibility index (Phi) is 12.7. The molecule has 0 radical (unpaired) electrons. The molecule has 5 saturated heterocycles. The summed E-state index contributed by atoms with van der Waals surface area (Å²) >= 11 is 0. The fraction of sp³-hybridized carbons (Fsp3) is 1.00. The van der Waals surface area contributed by atoms with Crippen LogP contribution in [0.15, 0.2) is 0 Å². The van der Waals surface area contributed by atoms with Gasteiger partial charge in [-0.2, -0.15) is 0 Å². The van der Waals surface area contributed by atoms with Crippen molar-refractivity contribution in [3.63, 3.8) is 0 Å².